The SMILES string of the molecule is CCc1c(C(=O)NCC(C)N2CCc3sccc3C2)cnn1Cc1ccccc1. The van der Waals surface area contributed by atoms with Crippen molar-refractivity contribution in [1.82, 2.24) is 20.0 Å². The number of benzene rings is 1. The van der Waals surface area contributed by atoms with Gasteiger partial charge in [-0.15, -0.1) is 11.3 Å². The van der Waals surface area contributed by atoms with Gasteiger partial charge in [0.1, 0.15) is 0 Å². The topological polar surface area (TPSA) is 50.2 Å². The molecule has 1 atom stereocenters. The van der Waals surface area contributed by atoms with Crippen molar-refractivity contribution in [3.63, 3.8) is 0 Å². The van der Waals surface area contributed by atoms with Crippen molar-refractivity contribution in [2.24, 2.45) is 0 Å². The highest BCUT2D eigenvalue weighted by Crippen LogP contribution is 2.25. The third kappa shape index (κ3) is 4.43. The molecule has 1 aromatic carbocycles. The summed E-state index contributed by atoms with van der Waals surface area (Å²) < 4.78 is 1.94. The van der Waals surface area contributed by atoms with Gasteiger partial charge >= 0.3 is 0 Å². The van der Waals surface area contributed by atoms with E-state index in [9.17, 15) is 4.79 Å². The molecule has 0 radical (unpaired) electrons. The molecule has 0 spiro atoms. The number of hydrogen-bond donors (Lipinski definition) is 1. The third-order valence-electron chi connectivity index (χ3n) is 5.72. The Hall–Kier alpha value is -2.44. The molecule has 1 aliphatic rings. The van der Waals surface area contributed by atoms with Crippen LogP contribution >= 0.6 is 11.3 Å². The van der Waals surface area contributed by atoms with Crippen LogP contribution in [0.5, 0.6) is 0 Å². The summed E-state index contributed by atoms with van der Waals surface area (Å²) in [7, 11) is 0. The molecule has 152 valence electrons. The summed E-state index contributed by atoms with van der Waals surface area (Å²) >= 11 is 1.86. The van der Waals surface area contributed by atoms with E-state index in [2.05, 4.69) is 52.7 Å². The lowest BCUT2D eigenvalue weighted by Gasteiger charge is -2.32. The zero-order valence-corrected chi connectivity index (χ0v) is 17.9. The van der Waals surface area contributed by atoms with Crippen LogP contribution in [0.25, 0.3) is 0 Å². The molecule has 1 N–H and O–H groups in total. The first-order valence-electron chi connectivity index (χ1n) is 10.3. The van der Waals surface area contributed by atoms with Crippen molar-refractivity contribution in [3.8, 4) is 0 Å². The third-order valence-corrected chi connectivity index (χ3v) is 6.74. The summed E-state index contributed by atoms with van der Waals surface area (Å²) in [6.45, 7) is 7.63. The molecule has 29 heavy (non-hydrogen) atoms. The van der Waals surface area contributed by atoms with Crippen LogP contribution in [0, 0.1) is 0 Å². The maximum atomic E-state index is 12.9. The molecule has 1 amide bonds. The average Bonchev–Trinajstić information content (AvgIpc) is 3.38. The number of nitrogens with zero attached hydrogens (tertiary/aromatic N) is 3. The van der Waals surface area contributed by atoms with Gasteiger partial charge in [-0.2, -0.15) is 5.10 Å². The number of hydrogen-bond acceptors (Lipinski definition) is 4. The molecule has 4 rings (SSSR count). The summed E-state index contributed by atoms with van der Waals surface area (Å²) in [5.74, 6) is -0.0266. The van der Waals surface area contributed by atoms with E-state index in [0.29, 0.717) is 24.7 Å². The highest BCUT2D eigenvalue weighted by Gasteiger charge is 2.23. The minimum Gasteiger partial charge on any atom is -0.350 e. The van der Waals surface area contributed by atoms with E-state index in [0.717, 1.165) is 31.6 Å². The van der Waals surface area contributed by atoms with Crippen LogP contribution in [0.4, 0.5) is 0 Å². The Morgan fingerprint density at radius 2 is 2.10 bits per heavy atom. The van der Waals surface area contributed by atoms with Crippen LogP contribution in [-0.2, 0) is 25.9 Å². The van der Waals surface area contributed by atoms with Gasteiger partial charge in [-0.05, 0) is 42.3 Å². The number of carbonyl (C=O) groups excluding carboxylic acids is 1. The fraction of sp³-hybridized carbons (Fsp3) is 0.391. The van der Waals surface area contributed by atoms with Crippen LogP contribution in [0.15, 0.2) is 48.0 Å². The second-order valence-electron chi connectivity index (χ2n) is 7.65. The van der Waals surface area contributed by atoms with E-state index in [-0.39, 0.29) is 5.91 Å². The van der Waals surface area contributed by atoms with Gasteiger partial charge in [0.05, 0.1) is 24.0 Å². The van der Waals surface area contributed by atoms with E-state index >= 15 is 0 Å². The van der Waals surface area contributed by atoms with Crippen molar-refractivity contribution in [1.29, 1.82) is 0 Å². The lowest BCUT2D eigenvalue weighted by atomic mass is 10.1. The predicted molar refractivity (Wildman–Crippen MR) is 117 cm³/mol. The number of amides is 1. The number of thiophene rings is 1. The summed E-state index contributed by atoms with van der Waals surface area (Å²) in [5.41, 5.74) is 4.30. The number of nitrogens with one attached hydrogen (secondary N) is 1. The van der Waals surface area contributed by atoms with Crippen molar-refractivity contribution in [2.45, 2.75) is 45.8 Å². The lowest BCUT2D eigenvalue weighted by Crippen LogP contribution is -2.44. The molecular weight excluding hydrogens is 380 g/mol. The Kier molecular flexibility index (Phi) is 6.11. The highest BCUT2D eigenvalue weighted by atomic mass is 32.1. The quantitative estimate of drug-likeness (QED) is 0.648. The van der Waals surface area contributed by atoms with Gasteiger partial charge in [0.15, 0.2) is 0 Å². The van der Waals surface area contributed by atoms with E-state index in [1.807, 2.05) is 34.2 Å². The maximum absolute atomic E-state index is 12.9. The second-order valence-corrected chi connectivity index (χ2v) is 8.65. The van der Waals surface area contributed by atoms with Crippen LogP contribution in [0.3, 0.4) is 0 Å². The minimum absolute atomic E-state index is 0.0266. The van der Waals surface area contributed by atoms with E-state index in [1.165, 1.54) is 16.0 Å². The number of fused-ring (bicyclic) bond motifs is 1. The zero-order chi connectivity index (χ0) is 20.2. The molecule has 3 aromatic rings. The van der Waals surface area contributed by atoms with Crippen LogP contribution < -0.4 is 5.32 Å². The normalized spacial score (nSPS) is 15.1. The Bertz CT molecular complexity index is 962. The molecule has 2 aromatic heterocycles. The Morgan fingerprint density at radius 1 is 1.28 bits per heavy atom. The van der Waals surface area contributed by atoms with Crippen molar-refractivity contribution < 1.29 is 4.79 Å². The first-order valence-corrected chi connectivity index (χ1v) is 11.2. The van der Waals surface area contributed by atoms with Gasteiger partial charge in [-0.1, -0.05) is 37.3 Å². The molecule has 0 saturated carbocycles. The first-order chi connectivity index (χ1) is 14.2. The van der Waals surface area contributed by atoms with Gasteiger partial charge in [-0.3, -0.25) is 14.4 Å². The van der Waals surface area contributed by atoms with Gasteiger partial charge < -0.3 is 5.32 Å². The molecular formula is C23H28N4OS. The van der Waals surface area contributed by atoms with Crippen molar-refractivity contribution in [3.05, 3.63) is 75.2 Å². The Balaban J connectivity index is 1.37. The molecule has 1 aliphatic heterocycles. The number of aromatic nitrogens is 2. The molecule has 5 nitrogen and oxygen atoms in total. The fourth-order valence-corrected chi connectivity index (χ4v) is 4.87. The maximum Gasteiger partial charge on any atom is 0.254 e. The van der Waals surface area contributed by atoms with Crippen LogP contribution in [0.2, 0.25) is 0 Å². The van der Waals surface area contributed by atoms with Crippen LogP contribution in [-0.4, -0.2) is 39.7 Å². The molecule has 0 aliphatic carbocycles. The smallest absolute Gasteiger partial charge is 0.254 e. The molecule has 1 unspecified atom stereocenters. The minimum atomic E-state index is -0.0266. The van der Waals surface area contributed by atoms with Gasteiger partial charge in [0.25, 0.3) is 5.91 Å². The van der Waals surface area contributed by atoms with Gasteiger partial charge in [0, 0.05) is 30.6 Å². The standard InChI is InChI=1S/C23H28N4OS/c1-3-21-20(14-25-27(21)15-18-7-5-4-6-8-18)23(28)24-13-17(2)26-11-9-22-19(16-26)10-12-29-22/h4-8,10,12,14,17H,3,9,11,13,15-16H2,1-2H3,(H,24,28). The first kappa shape index (κ1) is 19.9. The second kappa shape index (κ2) is 8.93. The van der Waals surface area contributed by atoms with E-state index in [1.54, 1.807) is 6.20 Å². The van der Waals surface area contributed by atoms with Crippen molar-refractivity contribution >= 4 is 17.2 Å². The fourth-order valence-electron chi connectivity index (χ4n) is 3.98. The Labute approximate surface area is 176 Å². The number of rotatable bonds is 7. The van der Waals surface area contributed by atoms with Crippen LogP contribution in [0.1, 0.15) is 45.9 Å². The van der Waals surface area contributed by atoms with Gasteiger partial charge in [-0.25, -0.2) is 0 Å². The largest absolute Gasteiger partial charge is 0.350 e. The van der Waals surface area contributed by atoms with Crippen molar-refractivity contribution in [2.75, 3.05) is 13.1 Å². The van der Waals surface area contributed by atoms with E-state index in [4.69, 9.17) is 0 Å². The predicted octanol–water partition coefficient (Wildman–Crippen LogP) is 3.73. The summed E-state index contributed by atoms with van der Waals surface area (Å²) in [4.78, 5) is 16.8. The Morgan fingerprint density at radius 3 is 2.90 bits per heavy atom. The number of carbonyl (C=O) groups is 1. The summed E-state index contributed by atoms with van der Waals surface area (Å²) in [5, 5.41) is 9.80. The molecule has 6 heteroatoms. The average molecular weight is 409 g/mol. The van der Waals surface area contributed by atoms with E-state index < -0.39 is 0 Å². The molecule has 0 bridgehead atoms. The lowest BCUT2D eigenvalue weighted by molar-refractivity contribution is 0.0931. The monoisotopic (exact) mass is 408 g/mol. The van der Waals surface area contributed by atoms with Gasteiger partial charge in [0.2, 0.25) is 0 Å². The highest BCUT2D eigenvalue weighted by molar-refractivity contribution is 7.10. The summed E-state index contributed by atoms with van der Waals surface area (Å²) in [6, 6.07) is 12.8. The molecule has 0 saturated heterocycles. The summed E-state index contributed by atoms with van der Waals surface area (Å²) in [6.07, 6.45) is 3.59. The molecule has 0 fully saturated rings. The molecule has 3 heterocycles. The zero-order valence-electron chi connectivity index (χ0n) is 17.1.